The second kappa shape index (κ2) is 9.39. The number of fused-ring (bicyclic) bond motifs is 1. The molecular weight excluding hydrogens is 344 g/mol. The molecule has 148 valence electrons. The number of aryl methyl sites for hydroxylation is 2. The summed E-state index contributed by atoms with van der Waals surface area (Å²) in [6, 6.07) is 8.06. The van der Waals surface area contributed by atoms with Crippen LogP contribution in [0.25, 0.3) is 11.0 Å². The van der Waals surface area contributed by atoms with E-state index in [2.05, 4.69) is 26.3 Å². The summed E-state index contributed by atoms with van der Waals surface area (Å²) < 4.78 is 7.31. The first-order valence-corrected chi connectivity index (χ1v) is 9.42. The van der Waals surface area contributed by atoms with Gasteiger partial charge in [-0.05, 0) is 52.7 Å². The summed E-state index contributed by atoms with van der Waals surface area (Å²) in [6.45, 7) is 9.28. The predicted molar refractivity (Wildman–Crippen MR) is 106 cm³/mol. The van der Waals surface area contributed by atoms with Crippen LogP contribution in [0.15, 0.2) is 24.3 Å². The molecule has 2 N–H and O–H groups in total. The van der Waals surface area contributed by atoms with E-state index < -0.39 is 11.7 Å². The Balaban J connectivity index is 1.61. The Morgan fingerprint density at radius 3 is 2.56 bits per heavy atom. The lowest BCUT2D eigenvalue weighted by atomic mass is 10.2. The highest BCUT2D eigenvalue weighted by atomic mass is 16.6. The van der Waals surface area contributed by atoms with Crippen LogP contribution in [0.3, 0.4) is 0 Å². The molecule has 0 unspecified atom stereocenters. The quantitative estimate of drug-likeness (QED) is 0.695. The van der Waals surface area contributed by atoms with Gasteiger partial charge in [-0.1, -0.05) is 12.1 Å². The highest BCUT2D eigenvalue weighted by Crippen LogP contribution is 2.15. The summed E-state index contributed by atoms with van der Waals surface area (Å²) in [5.41, 5.74) is 1.60. The van der Waals surface area contributed by atoms with Gasteiger partial charge in [0.15, 0.2) is 0 Å². The summed E-state index contributed by atoms with van der Waals surface area (Å²) in [7, 11) is 0. The van der Waals surface area contributed by atoms with E-state index in [4.69, 9.17) is 4.74 Å². The van der Waals surface area contributed by atoms with Gasteiger partial charge in [0.1, 0.15) is 11.4 Å². The number of rotatable bonds is 8. The smallest absolute Gasteiger partial charge is 0.407 e. The minimum atomic E-state index is -0.514. The molecule has 0 aliphatic rings. The van der Waals surface area contributed by atoms with Crippen molar-refractivity contribution in [1.82, 2.24) is 20.2 Å². The highest BCUT2D eigenvalue weighted by molar-refractivity contribution is 5.76. The summed E-state index contributed by atoms with van der Waals surface area (Å²) >= 11 is 0. The zero-order valence-corrected chi connectivity index (χ0v) is 16.7. The number of carbonyl (C=O) groups is 2. The van der Waals surface area contributed by atoms with E-state index in [1.54, 1.807) is 0 Å². The minimum absolute atomic E-state index is 0.00630. The van der Waals surface area contributed by atoms with Crippen molar-refractivity contribution in [3.8, 4) is 0 Å². The van der Waals surface area contributed by atoms with E-state index >= 15 is 0 Å². The zero-order valence-electron chi connectivity index (χ0n) is 16.7. The number of hydrogen-bond donors (Lipinski definition) is 2. The Labute approximate surface area is 160 Å². The van der Waals surface area contributed by atoms with Crippen molar-refractivity contribution in [2.75, 3.05) is 13.1 Å². The molecule has 1 heterocycles. The van der Waals surface area contributed by atoms with Crippen LogP contribution in [0.4, 0.5) is 4.79 Å². The van der Waals surface area contributed by atoms with Crippen LogP contribution in [0.2, 0.25) is 0 Å². The second-order valence-corrected chi connectivity index (χ2v) is 7.54. The number of imidazole rings is 1. The number of nitrogens with zero attached hydrogens (tertiary/aromatic N) is 2. The van der Waals surface area contributed by atoms with E-state index in [9.17, 15) is 9.59 Å². The van der Waals surface area contributed by atoms with Crippen molar-refractivity contribution < 1.29 is 14.3 Å². The average Bonchev–Trinajstić information content (AvgIpc) is 2.89. The average molecular weight is 374 g/mol. The molecule has 2 amide bonds. The molecule has 0 atom stereocenters. The molecule has 0 fully saturated rings. The van der Waals surface area contributed by atoms with Gasteiger partial charge < -0.3 is 19.9 Å². The molecule has 0 aliphatic heterocycles. The van der Waals surface area contributed by atoms with Crippen molar-refractivity contribution >= 4 is 23.0 Å². The molecule has 0 radical (unpaired) electrons. The molecule has 2 rings (SSSR count). The SMILES string of the molecule is Cc1nc2ccccc2n1CCCNC(=O)CCCNC(=O)OC(C)(C)C. The molecule has 27 heavy (non-hydrogen) atoms. The van der Waals surface area contributed by atoms with Crippen LogP contribution >= 0.6 is 0 Å². The maximum atomic E-state index is 11.9. The minimum Gasteiger partial charge on any atom is -0.444 e. The van der Waals surface area contributed by atoms with Crippen molar-refractivity contribution in [3.63, 3.8) is 0 Å². The van der Waals surface area contributed by atoms with Gasteiger partial charge in [-0.3, -0.25) is 4.79 Å². The number of para-hydroxylation sites is 2. The third-order valence-corrected chi connectivity index (χ3v) is 3.97. The van der Waals surface area contributed by atoms with Crippen molar-refractivity contribution in [2.45, 2.75) is 59.1 Å². The Hall–Kier alpha value is -2.57. The van der Waals surface area contributed by atoms with Crippen LogP contribution in [0, 0.1) is 6.92 Å². The molecule has 0 bridgehead atoms. The fourth-order valence-electron chi connectivity index (χ4n) is 2.79. The first-order chi connectivity index (χ1) is 12.8. The number of nitrogens with one attached hydrogen (secondary N) is 2. The molecule has 0 saturated heterocycles. The maximum absolute atomic E-state index is 11.9. The monoisotopic (exact) mass is 374 g/mol. The van der Waals surface area contributed by atoms with Crippen molar-refractivity contribution in [2.24, 2.45) is 0 Å². The molecule has 0 spiro atoms. The lowest BCUT2D eigenvalue weighted by Crippen LogP contribution is -2.33. The van der Waals surface area contributed by atoms with E-state index in [0.29, 0.717) is 25.9 Å². The summed E-state index contributed by atoms with van der Waals surface area (Å²) in [6.07, 6.45) is 1.34. The Morgan fingerprint density at radius 2 is 1.81 bits per heavy atom. The first-order valence-electron chi connectivity index (χ1n) is 9.42. The van der Waals surface area contributed by atoms with Crippen LogP contribution in [0.1, 0.15) is 45.9 Å². The third-order valence-electron chi connectivity index (χ3n) is 3.97. The van der Waals surface area contributed by atoms with E-state index in [0.717, 1.165) is 29.8 Å². The van der Waals surface area contributed by atoms with Gasteiger partial charge in [-0.25, -0.2) is 9.78 Å². The van der Waals surface area contributed by atoms with Gasteiger partial charge in [0.2, 0.25) is 5.91 Å². The molecule has 0 saturated carbocycles. The molecule has 2 aromatic rings. The number of carbonyl (C=O) groups excluding carboxylic acids is 2. The van der Waals surface area contributed by atoms with Crippen LogP contribution < -0.4 is 10.6 Å². The molecule has 7 nitrogen and oxygen atoms in total. The van der Waals surface area contributed by atoms with Gasteiger partial charge in [0, 0.05) is 26.1 Å². The molecular formula is C20H30N4O3. The van der Waals surface area contributed by atoms with Crippen molar-refractivity contribution in [1.29, 1.82) is 0 Å². The van der Waals surface area contributed by atoms with Crippen molar-refractivity contribution in [3.05, 3.63) is 30.1 Å². The second-order valence-electron chi connectivity index (χ2n) is 7.54. The zero-order chi connectivity index (χ0) is 19.9. The van der Waals surface area contributed by atoms with Gasteiger partial charge >= 0.3 is 6.09 Å². The predicted octanol–water partition coefficient (Wildman–Crippen LogP) is 3.16. The van der Waals surface area contributed by atoms with Crippen LogP contribution in [-0.4, -0.2) is 40.2 Å². The summed E-state index contributed by atoms with van der Waals surface area (Å²) in [5, 5.41) is 5.57. The van der Waals surface area contributed by atoms with Crippen LogP contribution in [-0.2, 0) is 16.1 Å². The molecule has 1 aromatic heterocycles. The normalized spacial score (nSPS) is 11.4. The molecule has 7 heteroatoms. The number of aromatic nitrogens is 2. The van der Waals surface area contributed by atoms with E-state index in [-0.39, 0.29) is 5.91 Å². The number of hydrogen-bond acceptors (Lipinski definition) is 4. The number of alkyl carbamates (subject to hydrolysis) is 1. The number of amides is 2. The first kappa shape index (κ1) is 20.7. The van der Waals surface area contributed by atoms with Gasteiger partial charge in [-0.2, -0.15) is 0 Å². The lowest BCUT2D eigenvalue weighted by Gasteiger charge is -2.19. The summed E-state index contributed by atoms with van der Waals surface area (Å²) in [4.78, 5) is 27.9. The number of ether oxygens (including phenoxy) is 1. The van der Waals surface area contributed by atoms with Gasteiger partial charge in [0.05, 0.1) is 11.0 Å². The summed E-state index contributed by atoms with van der Waals surface area (Å²) in [5.74, 6) is 0.976. The Morgan fingerprint density at radius 1 is 1.11 bits per heavy atom. The van der Waals surface area contributed by atoms with Crippen LogP contribution in [0.5, 0.6) is 0 Å². The Bertz CT molecular complexity index is 777. The fourth-order valence-corrected chi connectivity index (χ4v) is 2.79. The van der Waals surface area contributed by atoms with Gasteiger partial charge in [0.25, 0.3) is 0 Å². The third kappa shape index (κ3) is 6.92. The van der Waals surface area contributed by atoms with E-state index in [1.807, 2.05) is 45.9 Å². The lowest BCUT2D eigenvalue weighted by molar-refractivity contribution is -0.121. The number of benzene rings is 1. The van der Waals surface area contributed by atoms with E-state index in [1.165, 1.54) is 0 Å². The largest absolute Gasteiger partial charge is 0.444 e. The maximum Gasteiger partial charge on any atom is 0.407 e. The molecule has 0 aliphatic carbocycles. The topological polar surface area (TPSA) is 85.3 Å². The highest BCUT2D eigenvalue weighted by Gasteiger charge is 2.15. The standard InChI is InChI=1S/C20H30N4O3/c1-15-23-16-9-5-6-10-17(16)24(15)14-8-13-21-18(25)11-7-12-22-19(26)27-20(2,3)4/h5-6,9-10H,7-8,11-14H2,1-4H3,(H,21,25)(H,22,26). The van der Waals surface area contributed by atoms with Gasteiger partial charge in [-0.15, -0.1) is 0 Å². The molecule has 1 aromatic carbocycles. The fraction of sp³-hybridized carbons (Fsp3) is 0.550. The Kier molecular flexibility index (Phi) is 7.21.